The molecule has 140 valence electrons. The van der Waals surface area contributed by atoms with E-state index in [1.165, 1.54) is 12.1 Å². The third-order valence-corrected chi connectivity index (χ3v) is 4.60. The van der Waals surface area contributed by atoms with Crippen LogP contribution in [-0.4, -0.2) is 32.4 Å². The summed E-state index contributed by atoms with van der Waals surface area (Å²) in [4.78, 5) is 16.4. The number of hydrogen-bond donors (Lipinski definition) is 3. The number of amides is 1. The molecular weight excluding hydrogens is 352 g/mol. The summed E-state index contributed by atoms with van der Waals surface area (Å²) in [7, 11) is -3.68. The summed E-state index contributed by atoms with van der Waals surface area (Å²) >= 11 is 0. The van der Waals surface area contributed by atoms with E-state index < -0.39 is 10.0 Å². The van der Waals surface area contributed by atoms with Crippen LogP contribution in [0.4, 0.5) is 5.82 Å². The summed E-state index contributed by atoms with van der Waals surface area (Å²) in [6.07, 6.45) is 2.12. The standard InChI is InChI=1S/C18H24N4O3S/c1-13(2)11-21-17-8-5-15(12-22-17)18(23)20-10-9-14-3-6-16(7-4-14)26(19,24)25/h3-8,12-13H,9-11H2,1-2H3,(H,20,23)(H,21,22)(H2,19,24,25). The van der Waals surface area contributed by atoms with E-state index in [0.29, 0.717) is 24.4 Å². The first-order valence-corrected chi connectivity index (χ1v) is 9.90. The first kappa shape index (κ1) is 19.9. The van der Waals surface area contributed by atoms with Crippen LogP contribution in [0.5, 0.6) is 0 Å². The minimum absolute atomic E-state index is 0.0718. The smallest absolute Gasteiger partial charge is 0.252 e. The maximum absolute atomic E-state index is 12.1. The van der Waals surface area contributed by atoms with Crippen LogP contribution in [-0.2, 0) is 16.4 Å². The van der Waals surface area contributed by atoms with Crippen molar-refractivity contribution in [1.82, 2.24) is 10.3 Å². The molecular formula is C18H24N4O3S. The van der Waals surface area contributed by atoms with Crippen LogP contribution in [0.2, 0.25) is 0 Å². The normalized spacial score (nSPS) is 11.4. The summed E-state index contributed by atoms with van der Waals surface area (Å²) < 4.78 is 22.4. The Hall–Kier alpha value is -2.45. The van der Waals surface area contributed by atoms with Crippen molar-refractivity contribution in [3.8, 4) is 0 Å². The highest BCUT2D eigenvalue weighted by Gasteiger charge is 2.08. The summed E-state index contributed by atoms with van der Waals surface area (Å²) in [5.74, 6) is 1.05. The molecule has 0 radical (unpaired) electrons. The fraction of sp³-hybridized carbons (Fsp3) is 0.333. The number of carbonyl (C=O) groups is 1. The third kappa shape index (κ3) is 6.12. The van der Waals surface area contributed by atoms with E-state index in [-0.39, 0.29) is 10.8 Å². The van der Waals surface area contributed by atoms with E-state index in [0.717, 1.165) is 17.9 Å². The minimum atomic E-state index is -3.68. The topological polar surface area (TPSA) is 114 Å². The molecule has 0 atom stereocenters. The molecule has 2 rings (SSSR count). The van der Waals surface area contributed by atoms with Gasteiger partial charge >= 0.3 is 0 Å². The van der Waals surface area contributed by atoms with Crippen molar-refractivity contribution in [2.24, 2.45) is 11.1 Å². The van der Waals surface area contributed by atoms with Crippen LogP contribution in [0, 0.1) is 5.92 Å². The molecule has 1 aromatic heterocycles. The monoisotopic (exact) mass is 376 g/mol. The molecule has 1 amide bonds. The van der Waals surface area contributed by atoms with Gasteiger partial charge in [-0.05, 0) is 42.2 Å². The van der Waals surface area contributed by atoms with Crippen molar-refractivity contribution in [2.75, 3.05) is 18.4 Å². The number of aromatic nitrogens is 1. The SMILES string of the molecule is CC(C)CNc1ccc(C(=O)NCCc2ccc(S(N)(=O)=O)cc2)cn1. The van der Waals surface area contributed by atoms with Crippen molar-refractivity contribution < 1.29 is 13.2 Å². The number of benzene rings is 1. The molecule has 7 nitrogen and oxygen atoms in total. The van der Waals surface area contributed by atoms with Gasteiger partial charge in [0.05, 0.1) is 10.5 Å². The Bertz CT molecular complexity index is 832. The lowest BCUT2D eigenvalue weighted by atomic mass is 10.1. The zero-order chi connectivity index (χ0) is 19.2. The fourth-order valence-electron chi connectivity index (χ4n) is 2.21. The Morgan fingerprint density at radius 1 is 1.15 bits per heavy atom. The van der Waals surface area contributed by atoms with Gasteiger partial charge in [-0.2, -0.15) is 0 Å². The van der Waals surface area contributed by atoms with Crippen molar-refractivity contribution in [3.05, 3.63) is 53.7 Å². The number of pyridine rings is 1. The van der Waals surface area contributed by atoms with E-state index in [2.05, 4.69) is 29.5 Å². The Kier molecular flexibility index (Phi) is 6.70. The minimum Gasteiger partial charge on any atom is -0.370 e. The molecule has 1 heterocycles. The van der Waals surface area contributed by atoms with Crippen molar-refractivity contribution in [3.63, 3.8) is 0 Å². The van der Waals surface area contributed by atoms with E-state index in [4.69, 9.17) is 5.14 Å². The zero-order valence-electron chi connectivity index (χ0n) is 14.9. The molecule has 26 heavy (non-hydrogen) atoms. The highest BCUT2D eigenvalue weighted by Crippen LogP contribution is 2.09. The number of nitrogens with one attached hydrogen (secondary N) is 2. The van der Waals surface area contributed by atoms with Crippen LogP contribution in [0.3, 0.4) is 0 Å². The van der Waals surface area contributed by atoms with E-state index in [9.17, 15) is 13.2 Å². The third-order valence-electron chi connectivity index (χ3n) is 3.67. The quantitative estimate of drug-likeness (QED) is 0.650. The van der Waals surface area contributed by atoms with Gasteiger partial charge in [0.15, 0.2) is 0 Å². The maximum atomic E-state index is 12.1. The number of nitrogens with two attached hydrogens (primary N) is 1. The summed E-state index contributed by atoms with van der Waals surface area (Å²) in [6.45, 7) is 5.47. The average molecular weight is 376 g/mol. The van der Waals surface area contributed by atoms with Gasteiger partial charge in [0.25, 0.3) is 5.91 Å². The summed E-state index contributed by atoms with van der Waals surface area (Å²) in [5.41, 5.74) is 1.40. The highest BCUT2D eigenvalue weighted by atomic mass is 32.2. The van der Waals surface area contributed by atoms with Crippen molar-refractivity contribution in [2.45, 2.75) is 25.2 Å². The van der Waals surface area contributed by atoms with Gasteiger partial charge < -0.3 is 10.6 Å². The molecule has 8 heteroatoms. The van der Waals surface area contributed by atoms with Gasteiger partial charge in [-0.15, -0.1) is 0 Å². The number of sulfonamides is 1. The van der Waals surface area contributed by atoms with E-state index in [1.54, 1.807) is 30.5 Å². The van der Waals surface area contributed by atoms with Gasteiger partial charge in [0.1, 0.15) is 5.82 Å². The lowest BCUT2D eigenvalue weighted by Gasteiger charge is -2.09. The van der Waals surface area contributed by atoms with Crippen LogP contribution >= 0.6 is 0 Å². The number of primary sulfonamides is 1. The van der Waals surface area contributed by atoms with E-state index in [1.807, 2.05) is 0 Å². The molecule has 0 fully saturated rings. The van der Waals surface area contributed by atoms with Gasteiger partial charge in [-0.1, -0.05) is 26.0 Å². The Balaban J connectivity index is 1.83. The molecule has 0 aliphatic rings. The van der Waals surface area contributed by atoms with Crippen LogP contribution < -0.4 is 15.8 Å². The van der Waals surface area contributed by atoms with Gasteiger partial charge in [0, 0.05) is 19.3 Å². The Morgan fingerprint density at radius 2 is 1.85 bits per heavy atom. The number of anilines is 1. The number of carbonyl (C=O) groups excluding carboxylic acids is 1. The Labute approximate surface area is 154 Å². The van der Waals surface area contributed by atoms with Gasteiger partial charge in [0.2, 0.25) is 10.0 Å². The Morgan fingerprint density at radius 3 is 2.38 bits per heavy atom. The second kappa shape index (κ2) is 8.77. The van der Waals surface area contributed by atoms with Gasteiger partial charge in [-0.25, -0.2) is 18.5 Å². The van der Waals surface area contributed by atoms with Crippen molar-refractivity contribution in [1.29, 1.82) is 0 Å². The molecule has 1 aromatic carbocycles. The molecule has 4 N–H and O–H groups in total. The molecule has 0 spiro atoms. The van der Waals surface area contributed by atoms with E-state index >= 15 is 0 Å². The first-order chi connectivity index (χ1) is 12.3. The number of rotatable bonds is 8. The molecule has 2 aromatic rings. The van der Waals surface area contributed by atoms with Crippen LogP contribution in [0.25, 0.3) is 0 Å². The molecule has 0 aliphatic heterocycles. The largest absolute Gasteiger partial charge is 0.370 e. The maximum Gasteiger partial charge on any atom is 0.252 e. The molecule has 0 bridgehead atoms. The second-order valence-corrected chi connectivity index (χ2v) is 7.96. The number of nitrogens with zero attached hydrogens (tertiary/aromatic N) is 1. The molecule has 0 aliphatic carbocycles. The van der Waals surface area contributed by atoms with Gasteiger partial charge in [-0.3, -0.25) is 4.79 Å². The first-order valence-electron chi connectivity index (χ1n) is 8.35. The fourth-order valence-corrected chi connectivity index (χ4v) is 2.73. The lowest BCUT2D eigenvalue weighted by Crippen LogP contribution is -2.25. The van der Waals surface area contributed by atoms with Crippen LogP contribution in [0.15, 0.2) is 47.5 Å². The highest BCUT2D eigenvalue weighted by molar-refractivity contribution is 7.89. The summed E-state index contributed by atoms with van der Waals surface area (Å²) in [6, 6.07) is 9.79. The van der Waals surface area contributed by atoms with Crippen molar-refractivity contribution >= 4 is 21.7 Å². The number of hydrogen-bond acceptors (Lipinski definition) is 5. The molecule has 0 saturated heterocycles. The lowest BCUT2D eigenvalue weighted by molar-refractivity contribution is 0.0954. The average Bonchev–Trinajstić information content (AvgIpc) is 2.60. The molecule has 0 unspecified atom stereocenters. The predicted molar refractivity (Wildman–Crippen MR) is 101 cm³/mol. The van der Waals surface area contributed by atoms with Crippen LogP contribution in [0.1, 0.15) is 29.8 Å². The molecule has 0 saturated carbocycles. The predicted octanol–water partition coefficient (Wildman–Crippen LogP) is 1.77. The summed E-state index contributed by atoms with van der Waals surface area (Å²) in [5, 5.41) is 11.1. The second-order valence-electron chi connectivity index (χ2n) is 6.40. The zero-order valence-corrected chi connectivity index (χ0v) is 15.7.